The molecule has 0 bridgehead atoms. The average molecular weight is 258 g/mol. The molecule has 2 aromatic rings. The summed E-state index contributed by atoms with van der Waals surface area (Å²) in [5.41, 5.74) is 5.45. The van der Waals surface area contributed by atoms with Gasteiger partial charge in [0, 0.05) is 18.8 Å². The van der Waals surface area contributed by atoms with Crippen molar-refractivity contribution in [2.45, 2.75) is 40.3 Å². The Balaban J connectivity index is 1.98. The minimum atomic E-state index is 0.351. The van der Waals surface area contributed by atoms with Crippen LogP contribution in [-0.2, 0) is 6.54 Å². The van der Waals surface area contributed by atoms with Crippen LogP contribution < -0.4 is 5.32 Å². The largest absolute Gasteiger partial charge is 0.308 e. The van der Waals surface area contributed by atoms with Gasteiger partial charge in [-0.3, -0.25) is 4.68 Å². The molecule has 4 nitrogen and oxygen atoms in total. The number of aromatic nitrogens is 3. The van der Waals surface area contributed by atoms with E-state index in [1.165, 1.54) is 22.3 Å². The number of hydrogen-bond donors (Lipinski definition) is 1. The Kier molecular flexibility index (Phi) is 4.32. The average Bonchev–Trinajstić information content (AvgIpc) is 2.80. The number of nitrogens with zero attached hydrogens (tertiary/aromatic N) is 3. The molecule has 0 saturated carbocycles. The van der Waals surface area contributed by atoms with Gasteiger partial charge in [0.2, 0.25) is 0 Å². The molecule has 1 aromatic heterocycles. The highest BCUT2D eigenvalue weighted by Crippen LogP contribution is 2.23. The lowest BCUT2D eigenvalue weighted by Crippen LogP contribution is -2.24. The summed E-state index contributed by atoms with van der Waals surface area (Å²) in [4.78, 5) is 0. The third kappa shape index (κ3) is 3.41. The van der Waals surface area contributed by atoms with Crippen LogP contribution in [0, 0.1) is 20.8 Å². The Morgan fingerprint density at radius 1 is 1.21 bits per heavy atom. The molecule has 4 heteroatoms. The van der Waals surface area contributed by atoms with E-state index in [4.69, 9.17) is 0 Å². The quantitative estimate of drug-likeness (QED) is 0.896. The third-order valence-corrected chi connectivity index (χ3v) is 3.43. The first-order valence-electron chi connectivity index (χ1n) is 6.73. The van der Waals surface area contributed by atoms with Crippen molar-refractivity contribution in [2.75, 3.05) is 6.54 Å². The second-order valence-corrected chi connectivity index (χ2v) is 5.15. The molecule has 1 unspecified atom stereocenters. The van der Waals surface area contributed by atoms with Gasteiger partial charge in [-0.2, -0.15) is 0 Å². The van der Waals surface area contributed by atoms with Crippen molar-refractivity contribution < 1.29 is 0 Å². The van der Waals surface area contributed by atoms with Crippen molar-refractivity contribution in [2.24, 2.45) is 0 Å². The molecule has 0 spiro atoms. The number of aryl methyl sites for hydroxylation is 3. The second-order valence-electron chi connectivity index (χ2n) is 5.15. The SMILES string of the molecule is Cc1cc(C)c(C(C)NCCn2ccnn2)c(C)c1. The zero-order valence-electron chi connectivity index (χ0n) is 12.1. The van der Waals surface area contributed by atoms with Crippen molar-refractivity contribution in [3.8, 4) is 0 Å². The van der Waals surface area contributed by atoms with Gasteiger partial charge in [-0.15, -0.1) is 5.10 Å². The molecular weight excluding hydrogens is 236 g/mol. The molecule has 1 heterocycles. The molecule has 0 saturated heterocycles. The molecular formula is C15H22N4. The summed E-state index contributed by atoms with van der Waals surface area (Å²) in [6.07, 6.45) is 3.59. The molecule has 0 aliphatic rings. The van der Waals surface area contributed by atoms with Gasteiger partial charge in [-0.05, 0) is 44.4 Å². The van der Waals surface area contributed by atoms with E-state index in [-0.39, 0.29) is 0 Å². The van der Waals surface area contributed by atoms with Gasteiger partial charge in [-0.25, -0.2) is 0 Å². The highest BCUT2D eigenvalue weighted by atomic mass is 15.4. The van der Waals surface area contributed by atoms with Crippen molar-refractivity contribution >= 4 is 0 Å². The minimum absolute atomic E-state index is 0.351. The standard InChI is InChI=1S/C15H22N4/c1-11-9-12(2)15(13(3)10-11)14(4)16-5-7-19-8-6-17-18-19/h6,8-10,14,16H,5,7H2,1-4H3. The van der Waals surface area contributed by atoms with Gasteiger partial charge >= 0.3 is 0 Å². The topological polar surface area (TPSA) is 42.7 Å². The maximum absolute atomic E-state index is 3.96. The molecule has 1 atom stereocenters. The normalized spacial score (nSPS) is 12.6. The molecule has 1 N–H and O–H groups in total. The smallest absolute Gasteiger partial charge is 0.0692 e. The number of nitrogens with one attached hydrogen (secondary N) is 1. The Morgan fingerprint density at radius 3 is 2.47 bits per heavy atom. The molecule has 0 fully saturated rings. The lowest BCUT2D eigenvalue weighted by molar-refractivity contribution is 0.497. The van der Waals surface area contributed by atoms with Crippen molar-refractivity contribution in [3.05, 3.63) is 46.8 Å². The van der Waals surface area contributed by atoms with E-state index in [1.54, 1.807) is 6.20 Å². The number of hydrogen-bond acceptors (Lipinski definition) is 3. The molecule has 2 rings (SSSR count). The molecule has 0 aliphatic heterocycles. The summed E-state index contributed by atoms with van der Waals surface area (Å²) >= 11 is 0. The highest BCUT2D eigenvalue weighted by Gasteiger charge is 2.11. The van der Waals surface area contributed by atoms with E-state index in [9.17, 15) is 0 Å². The van der Waals surface area contributed by atoms with Crippen LogP contribution in [0.1, 0.15) is 35.2 Å². The Hall–Kier alpha value is -1.68. The van der Waals surface area contributed by atoms with Gasteiger partial charge in [-0.1, -0.05) is 22.9 Å². The monoisotopic (exact) mass is 258 g/mol. The van der Waals surface area contributed by atoms with Gasteiger partial charge in [0.1, 0.15) is 0 Å². The van der Waals surface area contributed by atoms with Crippen LogP contribution in [0.4, 0.5) is 0 Å². The molecule has 1 aromatic carbocycles. The molecule has 0 radical (unpaired) electrons. The van der Waals surface area contributed by atoms with Crippen LogP contribution >= 0.6 is 0 Å². The summed E-state index contributed by atoms with van der Waals surface area (Å²) < 4.78 is 1.84. The molecule has 0 amide bonds. The van der Waals surface area contributed by atoms with Gasteiger partial charge in [0.25, 0.3) is 0 Å². The van der Waals surface area contributed by atoms with Crippen LogP contribution in [0.15, 0.2) is 24.5 Å². The Labute approximate surface area is 114 Å². The second kappa shape index (κ2) is 5.97. The van der Waals surface area contributed by atoms with E-state index in [1.807, 2.05) is 10.9 Å². The summed E-state index contributed by atoms with van der Waals surface area (Å²) in [6.45, 7) is 10.5. The predicted octanol–water partition coefficient (Wildman–Crippen LogP) is 2.55. The fourth-order valence-corrected chi connectivity index (χ4v) is 2.72. The lowest BCUT2D eigenvalue weighted by atomic mass is 9.95. The van der Waals surface area contributed by atoms with Crippen molar-refractivity contribution in [1.82, 2.24) is 20.3 Å². The zero-order chi connectivity index (χ0) is 13.8. The maximum atomic E-state index is 3.96. The van der Waals surface area contributed by atoms with E-state index in [0.717, 1.165) is 13.1 Å². The van der Waals surface area contributed by atoms with Gasteiger partial charge < -0.3 is 5.32 Å². The first-order valence-corrected chi connectivity index (χ1v) is 6.73. The van der Waals surface area contributed by atoms with Crippen LogP contribution in [0.2, 0.25) is 0 Å². The van der Waals surface area contributed by atoms with Crippen LogP contribution in [0.5, 0.6) is 0 Å². The molecule has 102 valence electrons. The number of rotatable bonds is 5. The maximum Gasteiger partial charge on any atom is 0.0692 e. The van der Waals surface area contributed by atoms with E-state index in [0.29, 0.717) is 6.04 Å². The van der Waals surface area contributed by atoms with E-state index < -0.39 is 0 Å². The summed E-state index contributed by atoms with van der Waals surface area (Å²) in [5.74, 6) is 0. The first-order chi connectivity index (χ1) is 9.08. The number of benzene rings is 1. The fourth-order valence-electron chi connectivity index (χ4n) is 2.72. The summed E-state index contributed by atoms with van der Waals surface area (Å²) in [7, 11) is 0. The van der Waals surface area contributed by atoms with E-state index >= 15 is 0 Å². The lowest BCUT2D eigenvalue weighted by Gasteiger charge is -2.19. The highest BCUT2D eigenvalue weighted by molar-refractivity contribution is 5.39. The Morgan fingerprint density at radius 2 is 1.89 bits per heavy atom. The third-order valence-electron chi connectivity index (χ3n) is 3.43. The van der Waals surface area contributed by atoms with Crippen molar-refractivity contribution in [3.63, 3.8) is 0 Å². The first kappa shape index (κ1) is 13.7. The molecule has 0 aliphatic carbocycles. The van der Waals surface area contributed by atoms with Gasteiger partial charge in [0.05, 0.1) is 12.7 Å². The Bertz CT molecular complexity index is 508. The van der Waals surface area contributed by atoms with Crippen molar-refractivity contribution in [1.29, 1.82) is 0 Å². The predicted molar refractivity (Wildman–Crippen MR) is 77.1 cm³/mol. The summed E-state index contributed by atoms with van der Waals surface area (Å²) in [5, 5.41) is 11.3. The van der Waals surface area contributed by atoms with Crippen LogP contribution in [0.25, 0.3) is 0 Å². The van der Waals surface area contributed by atoms with E-state index in [2.05, 4.69) is 55.5 Å². The minimum Gasteiger partial charge on any atom is -0.308 e. The summed E-state index contributed by atoms with van der Waals surface area (Å²) in [6, 6.07) is 4.85. The van der Waals surface area contributed by atoms with Gasteiger partial charge in [0.15, 0.2) is 0 Å². The van der Waals surface area contributed by atoms with Crippen LogP contribution in [-0.4, -0.2) is 21.5 Å². The molecule has 19 heavy (non-hydrogen) atoms. The zero-order valence-corrected chi connectivity index (χ0v) is 12.1. The van der Waals surface area contributed by atoms with Crippen LogP contribution in [0.3, 0.4) is 0 Å². The fraction of sp³-hybridized carbons (Fsp3) is 0.467.